The van der Waals surface area contributed by atoms with Crippen LogP contribution in [0.25, 0.3) is 11.1 Å². The van der Waals surface area contributed by atoms with E-state index in [4.69, 9.17) is 14.2 Å². The van der Waals surface area contributed by atoms with Crippen molar-refractivity contribution in [3.8, 4) is 22.9 Å². The molecule has 1 fully saturated rings. The highest BCUT2D eigenvalue weighted by Gasteiger charge is 2.60. The Morgan fingerprint density at radius 1 is 1.08 bits per heavy atom. The van der Waals surface area contributed by atoms with Crippen molar-refractivity contribution in [2.24, 2.45) is 11.8 Å². The average Bonchev–Trinajstić information content (AvgIpc) is 3.47. The lowest BCUT2D eigenvalue weighted by Crippen LogP contribution is -2.28. The molecule has 0 radical (unpaired) electrons. The van der Waals surface area contributed by atoms with Crippen LogP contribution in [0.2, 0.25) is 0 Å². The minimum absolute atomic E-state index is 0.0908. The van der Waals surface area contributed by atoms with E-state index in [-0.39, 0.29) is 48.4 Å². The maximum absolute atomic E-state index is 13.9. The van der Waals surface area contributed by atoms with Gasteiger partial charge in [-0.3, -0.25) is 4.79 Å². The second kappa shape index (κ2) is 10.1. The third-order valence-electron chi connectivity index (χ3n) is 6.92. The van der Waals surface area contributed by atoms with E-state index in [9.17, 15) is 23.1 Å². The van der Waals surface area contributed by atoms with Crippen LogP contribution in [-0.2, 0) is 28.7 Å². The van der Waals surface area contributed by atoms with E-state index in [0.717, 1.165) is 29.8 Å². The lowest BCUT2D eigenvalue weighted by Gasteiger charge is -2.19. The van der Waals surface area contributed by atoms with Crippen LogP contribution in [0.15, 0.2) is 48.8 Å². The number of nitrogens with zero attached hydrogens (tertiary/aromatic N) is 2. The summed E-state index contributed by atoms with van der Waals surface area (Å²) in [6.07, 6.45) is -1.01. The molecule has 0 unspecified atom stereocenters. The molecule has 0 saturated heterocycles. The number of rotatable bonds is 9. The Labute approximate surface area is 224 Å². The number of carbonyl (C=O) groups is 1. The van der Waals surface area contributed by atoms with Crippen LogP contribution in [0.1, 0.15) is 48.9 Å². The smallest absolute Gasteiger partial charge is 0.417 e. The van der Waals surface area contributed by atoms with E-state index in [2.05, 4.69) is 9.97 Å². The molecule has 1 saturated carbocycles. The highest BCUT2D eigenvalue weighted by atomic mass is 19.4. The van der Waals surface area contributed by atoms with E-state index in [0.29, 0.717) is 23.6 Å². The number of aromatic nitrogens is 2. The van der Waals surface area contributed by atoms with Crippen LogP contribution in [0, 0.1) is 11.8 Å². The van der Waals surface area contributed by atoms with E-state index in [1.165, 1.54) is 13.8 Å². The van der Waals surface area contributed by atoms with Crippen molar-refractivity contribution in [3.63, 3.8) is 0 Å². The number of esters is 1. The van der Waals surface area contributed by atoms with Crippen LogP contribution in [0.5, 0.6) is 11.8 Å². The number of halogens is 3. The molecule has 1 N–H and O–H groups in total. The van der Waals surface area contributed by atoms with Crippen molar-refractivity contribution in [1.29, 1.82) is 0 Å². The van der Waals surface area contributed by atoms with Gasteiger partial charge in [-0.1, -0.05) is 18.2 Å². The summed E-state index contributed by atoms with van der Waals surface area (Å²) in [6, 6.07) is 9.33. The van der Waals surface area contributed by atoms with Gasteiger partial charge in [-0.25, -0.2) is 9.97 Å². The van der Waals surface area contributed by atoms with Crippen molar-refractivity contribution < 1.29 is 37.3 Å². The average molecular weight is 543 g/mol. The molecule has 206 valence electrons. The number of ether oxygens (including phenoxy) is 3. The molecule has 2 aromatic heterocycles. The zero-order chi connectivity index (χ0) is 27.9. The summed E-state index contributed by atoms with van der Waals surface area (Å²) in [4.78, 5) is 20.5. The van der Waals surface area contributed by atoms with Crippen LogP contribution in [0.4, 0.5) is 13.2 Å². The Bertz CT molecular complexity index is 1390. The molecule has 0 amide bonds. The Hall–Kier alpha value is -3.66. The molecular formula is C29H29F3N2O5. The number of pyridine rings is 2. The van der Waals surface area contributed by atoms with Crippen LogP contribution in [-0.4, -0.2) is 39.9 Å². The van der Waals surface area contributed by atoms with Gasteiger partial charge < -0.3 is 19.3 Å². The van der Waals surface area contributed by atoms with E-state index < -0.39 is 17.3 Å². The van der Waals surface area contributed by atoms with Crippen molar-refractivity contribution in [1.82, 2.24) is 9.97 Å². The summed E-state index contributed by atoms with van der Waals surface area (Å²) in [5.41, 5.74) is 0.943. The van der Waals surface area contributed by atoms with Crippen LogP contribution >= 0.6 is 0 Å². The van der Waals surface area contributed by atoms with Gasteiger partial charge >= 0.3 is 12.1 Å². The molecule has 0 bridgehead atoms. The second-order valence-corrected chi connectivity index (χ2v) is 10.5. The van der Waals surface area contributed by atoms with Crippen molar-refractivity contribution in [2.75, 3.05) is 13.2 Å². The molecule has 0 aliphatic heterocycles. The molecule has 10 heteroatoms. The minimum Gasteiger partial charge on any atom is -0.475 e. The molecule has 7 nitrogen and oxygen atoms in total. The third-order valence-corrected chi connectivity index (χ3v) is 6.92. The maximum Gasteiger partial charge on any atom is 0.417 e. The normalized spacial score (nSPS) is 19.7. The van der Waals surface area contributed by atoms with E-state index in [1.54, 1.807) is 37.4 Å². The SMILES string of the molecule is CCOC(=O)[C@H]1[C@@H]2Cc3cc(OCc4cccc(-c5cnc(OCC(C)(C)O)cc5C(F)(F)F)c4)ncc3[C@@H]21. The van der Waals surface area contributed by atoms with E-state index in [1.807, 2.05) is 6.07 Å². The van der Waals surface area contributed by atoms with E-state index >= 15 is 0 Å². The van der Waals surface area contributed by atoms with Crippen LogP contribution < -0.4 is 9.47 Å². The summed E-state index contributed by atoms with van der Waals surface area (Å²) in [6.45, 7) is 5.05. The largest absolute Gasteiger partial charge is 0.475 e. The predicted octanol–water partition coefficient (Wildman–Crippen LogP) is 5.34. The number of aliphatic hydroxyl groups is 1. The lowest BCUT2D eigenvalue weighted by molar-refractivity contribution is -0.145. The van der Waals surface area contributed by atoms with Crippen LogP contribution in [0.3, 0.4) is 0 Å². The molecule has 2 heterocycles. The number of benzene rings is 1. The Balaban J connectivity index is 1.29. The molecule has 2 aliphatic carbocycles. The first kappa shape index (κ1) is 26.9. The standard InChI is InChI=1S/C29H29F3N2O5/c1-4-37-27(35)26-19-9-18-10-23(34-13-21(18)25(19)26)38-14-16-6-5-7-17(8-16)20-12-33-24(39-15-28(2,3)36)11-22(20)29(30,31)32/h5-8,10-13,19,25-26,36H,4,9,14-15H2,1-3H3/t19-,25-,26+/m1/s1. The summed E-state index contributed by atoms with van der Waals surface area (Å²) in [7, 11) is 0. The Morgan fingerprint density at radius 3 is 2.54 bits per heavy atom. The molecular weight excluding hydrogens is 513 g/mol. The van der Waals surface area contributed by atoms with Gasteiger partial charge in [-0.15, -0.1) is 0 Å². The molecule has 3 atom stereocenters. The highest BCUT2D eigenvalue weighted by molar-refractivity contribution is 5.79. The summed E-state index contributed by atoms with van der Waals surface area (Å²) in [5, 5.41) is 9.80. The van der Waals surface area contributed by atoms with Gasteiger partial charge in [-0.05, 0) is 61.4 Å². The van der Waals surface area contributed by atoms with Gasteiger partial charge in [-0.2, -0.15) is 13.2 Å². The quantitative estimate of drug-likeness (QED) is 0.365. The zero-order valence-electron chi connectivity index (χ0n) is 21.8. The first-order valence-corrected chi connectivity index (χ1v) is 12.7. The number of hydrogen-bond acceptors (Lipinski definition) is 7. The summed E-state index contributed by atoms with van der Waals surface area (Å²) >= 11 is 0. The van der Waals surface area contributed by atoms with Gasteiger partial charge in [0.05, 0.1) is 23.7 Å². The third kappa shape index (κ3) is 5.85. The molecule has 1 aromatic carbocycles. The maximum atomic E-state index is 13.9. The molecule has 3 aromatic rings. The number of hydrogen-bond donors (Lipinski definition) is 1. The fourth-order valence-electron chi connectivity index (χ4n) is 5.12. The fraction of sp³-hybridized carbons (Fsp3) is 0.414. The van der Waals surface area contributed by atoms with Crippen molar-refractivity contribution >= 4 is 5.97 Å². The lowest BCUT2D eigenvalue weighted by atomic mass is 10.00. The summed E-state index contributed by atoms with van der Waals surface area (Å²) in [5.74, 6) is 0.350. The first-order valence-electron chi connectivity index (χ1n) is 12.7. The zero-order valence-corrected chi connectivity index (χ0v) is 21.8. The Morgan fingerprint density at radius 2 is 1.82 bits per heavy atom. The van der Waals surface area contributed by atoms with Gasteiger partial charge in [0.15, 0.2) is 0 Å². The second-order valence-electron chi connectivity index (χ2n) is 10.5. The molecule has 5 rings (SSSR count). The molecule has 39 heavy (non-hydrogen) atoms. The predicted molar refractivity (Wildman–Crippen MR) is 135 cm³/mol. The topological polar surface area (TPSA) is 90.8 Å². The van der Waals surface area contributed by atoms with Gasteiger partial charge in [0, 0.05) is 36.0 Å². The first-order chi connectivity index (χ1) is 18.4. The monoisotopic (exact) mass is 542 g/mol. The minimum atomic E-state index is -4.64. The Kier molecular flexibility index (Phi) is 7.00. The van der Waals surface area contributed by atoms with Crippen molar-refractivity contribution in [3.05, 3.63) is 71.0 Å². The van der Waals surface area contributed by atoms with Crippen molar-refractivity contribution in [2.45, 2.75) is 51.5 Å². The van der Waals surface area contributed by atoms with Gasteiger partial charge in [0.25, 0.3) is 0 Å². The number of carbonyl (C=O) groups excluding carboxylic acids is 1. The van der Waals surface area contributed by atoms with Gasteiger partial charge in [0.2, 0.25) is 11.8 Å². The number of alkyl halides is 3. The van der Waals surface area contributed by atoms with Gasteiger partial charge in [0.1, 0.15) is 13.2 Å². The molecule has 2 aliphatic rings. The fourth-order valence-corrected chi connectivity index (χ4v) is 5.12. The summed E-state index contributed by atoms with van der Waals surface area (Å²) < 4.78 is 58.0. The number of fused-ring (bicyclic) bond motifs is 3. The highest BCUT2D eigenvalue weighted by Crippen LogP contribution is 2.61. The molecule has 0 spiro atoms.